The van der Waals surface area contributed by atoms with E-state index in [1.54, 1.807) is 28.4 Å². The molecule has 0 unspecified atom stereocenters. The molecule has 39 heavy (non-hydrogen) atoms. The lowest BCUT2D eigenvalue weighted by Gasteiger charge is -2.28. The molecule has 8 heteroatoms. The molecule has 4 aromatic rings. The Balaban J connectivity index is 1.45. The molecule has 3 aromatic carbocycles. The van der Waals surface area contributed by atoms with Gasteiger partial charge in [0, 0.05) is 48.5 Å². The van der Waals surface area contributed by atoms with Crippen LogP contribution in [0.2, 0.25) is 0 Å². The van der Waals surface area contributed by atoms with Crippen molar-refractivity contribution in [1.82, 2.24) is 4.57 Å². The summed E-state index contributed by atoms with van der Waals surface area (Å²) < 4.78 is 29.8. The molecule has 0 amide bonds. The predicted octanol–water partition coefficient (Wildman–Crippen LogP) is 5.63. The minimum absolute atomic E-state index is 0.564. The van der Waals surface area contributed by atoms with Crippen molar-refractivity contribution in [3.63, 3.8) is 0 Å². The fraction of sp³-hybridized carbons (Fsp3) is 0.290. The second-order valence-electron chi connectivity index (χ2n) is 9.22. The van der Waals surface area contributed by atoms with Gasteiger partial charge in [0.2, 0.25) is 5.75 Å². The molecule has 1 aliphatic rings. The van der Waals surface area contributed by atoms with Crippen LogP contribution >= 0.6 is 0 Å². The zero-order valence-corrected chi connectivity index (χ0v) is 22.9. The Hall–Kier alpha value is -4.30. The summed E-state index contributed by atoms with van der Waals surface area (Å²) >= 11 is 0. The number of nitrogens with one attached hydrogen (secondary N) is 1. The first-order valence-electron chi connectivity index (χ1n) is 13.0. The normalized spacial score (nSPS) is 13.2. The van der Waals surface area contributed by atoms with Gasteiger partial charge in [-0.2, -0.15) is 0 Å². The molecule has 0 bridgehead atoms. The highest BCUT2D eigenvalue weighted by Gasteiger charge is 2.18. The number of rotatable bonds is 10. The van der Waals surface area contributed by atoms with Crippen molar-refractivity contribution in [1.29, 1.82) is 0 Å². The van der Waals surface area contributed by atoms with Crippen molar-refractivity contribution >= 4 is 11.4 Å². The SMILES string of the molecule is COc1ccc(-n2cc(CNc3ccc(N4CCOCC4)cc3)cc2-c2cc(OC)c(OC)c(OC)c2)cc1. The van der Waals surface area contributed by atoms with E-state index in [-0.39, 0.29) is 0 Å². The maximum atomic E-state index is 5.63. The second-order valence-corrected chi connectivity index (χ2v) is 9.22. The third-order valence-electron chi connectivity index (χ3n) is 6.93. The van der Waals surface area contributed by atoms with Gasteiger partial charge >= 0.3 is 0 Å². The van der Waals surface area contributed by atoms with Crippen LogP contribution in [0.15, 0.2) is 72.9 Å². The number of nitrogens with zero attached hydrogens (tertiary/aromatic N) is 2. The number of benzene rings is 3. The summed E-state index contributed by atoms with van der Waals surface area (Å²) in [5.41, 5.74) is 6.38. The van der Waals surface area contributed by atoms with Gasteiger partial charge in [-0.25, -0.2) is 0 Å². The van der Waals surface area contributed by atoms with E-state index >= 15 is 0 Å². The lowest BCUT2D eigenvalue weighted by molar-refractivity contribution is 0.122. The highest BCUT2D eigenvalue weighted by molar-refractivity contribution is 5.71. The predicted molar refractivity (Wildman–Crippen MR) is 154 cm³/mol. The number of aromatic nitrogens is 1. The van der Waals surface area contributed by atoms with Gasteiger partial charge in [0.1, 0.15) is 5.75 Å². The Kier molecular flexibility index (Phi) is 8.13. The van der Waals surface area contributed by atoms with E-state index in [2.05, 4.69) is 51.3 Å². The summed E-state index contributed by atoms with van der Waals surface area (Å²) in [6.45, 7) is 4.07. The summed E-state index contributed by atoms with van der Waals surface area (Å²) in [6, 6.07) is 22.7. The molecule has 1 aromatic heterocycles. The van der Waals surface area contributed by atoms with Gasteiger partial charge in [-0.15, -0.1) is 0 Å². The van der Waals surface area contributed by atoms with E-state index in [9.17, 15) is 0 Å². The number of anilines is 2. The van der Waals surface area contributed by atoms with Crippen LogP contribution in [0.1, 0.15) is 5.56 Å². The lowest BCUT2D eigenvalue weighted by atomic mass is 10.1. The molecule has 204 valence electrons. The molecule has 2 heterocycles. The molecule has 1 aliphatic heterocycles. The molecule has 0 aliphatic carbocycles. The van der Waals surface area contributed by atoms with Gasteiger partial charge in [0.25, 0.3) is 0 Å². The number of hydrogen-bond acceptors (Lipinski definition) is 7. The zero-order chi connectivity index (χ0) is 27.2. The fourth-order valence-electron chi connectivity index (χ4n) is 4.84. The summed E-state index contributed by atoms with van der Waals surface area (Å²) in [5.74, 6) is 2.58. The van der Waals surface area contributed by atoms with Gasteiger partial charge in [0.05, 0.1) is 47.3 Å². The Bertz CT molecular complexity index is 1350. The van der Waals surface area contributed by atoms with Gasteiger partial charge < -0.3 is 38.5 Å². The van der Waals surface area contributed by atoms with Gasteiger partial charge in [-0.3, -0.25) is 0 Å². The van der Waals surface area contributed by atoms with E-state index in [1.807, 2.05) is 36.4 Å². The molecule has 5 rings (SSSR count). The Morgan fingerprint density at radius 2 is 1.38 bits per heavy atom. The van der Waals surface area contributed by atoms with Crippen LogP contribution in [0.25, 0.3) is 16.9 Å². The minimum atomic E-state index is 0.564. The van der Waals surface area contributed by atoms with Gasteiger partial charge in [0.15, 0.2) is 11.5 Å². The Labute approximate surface area is 229 Å². The van der Waals surface area contributed by atoms with Crippen LogP contribution in [0.3, 0.4) is 0 Å². The standard InChI is InChI=1S/C31H35N3O5/c1-35-27-11-9-26(10-12-27)34-21-22(17-28(34)23-18-29(36-2)31(38-4)30(19-23)37-3)20-32-24-5-7-25(8-6-24)33-13-15-39-16-14-33/h5-12,17-19,21,32H,13-16,20H2,1-4H3. The molecule has 8 nitrogen and oxygen atoms in total. The molecule has 0 saturated carbocycles. The molecule has 1 saturated heterocycles. The number of methoxy groups -OCH3 is 4. The Morgan fingerprint density at radius 3 is 1.97 bits per heavy atom. The van der Waals surface area contributed by atoms with Gasteiger partial charge in [-0.05, 0) is 72.3 Å². The van der Waals surface area contributed by atoms with Crippen LogP contribution in [-0.2, 0) is 11.3 Å². The number of morpholine rings is 1. The number of ether oxygens (including phenoxy) is 5. The van der Waals surface area contributed by atoms with Crippen LogP contribution in [-0.4, -0.2) is 59.3 Å². The van der Waals surface area contributed by atoms with Crippen molar-refractivity contribution in [3.8, 4) is 39.9 Å². The van der Waals surface area contributed by atoms with Crippen molar-refractivity contribution < 1.29 is 23.7 Å². The van der Waals surface area contributed by atoms with E-state index in [4.69, 9.17) is 23.7 Å². The summed E-state index contributed by atoms with van der Waals surface area (Å²) in [7, 11) is 6.53. The monoisotopic (exact) mass is 529 g/mol. The largest absolute Gasteiger partial charge is 0.497 e. The van der Waals surface area contributed by atoms with Crippen LogP contribution in [0, 0.1) is 0 Å². The van der Waals surface area contributed by atoms with E-state index in [1.165, 1.54) is 5.69 Å². The van der Waals surface area contributed by atoms with E-state index < -0.39 is 0 Å². The molecule has 1 fully saturated rings. The Morgan fingerprint density at radius 1 is 0.744 bits per heavy atom. The first-order valence-corrected chi connectivity index (χ1v) is 13.0. The average Bonchev–Trinajstić information content (AvgIpc) is 3.44. The highest BCUT2D eigenvalue weighted by atomic mass is 16.5. The van der Waals surface area contributed by atoms with E-state index in [0.29, 0.717) is 23.8 Å². The third kappa shape index (κ3) is 5.76. The van der Waals surface area contributed by atoms with Crippen molar-refractivity contribution in [2.24, 2.45) is 0 Å². The first kappa shape index (κ1) is 26.3. The summed E-state index contributed by atoms with van der Waals surface area (Å²) in [4.78, 5) is 2.35. The van der Waals surface area contributed by atoms with Crippen LogP contribution in [0.4, 0.5) is 11.4 Å². The molecule has 0 atom stereocenters. The smallest absolute Gasteiger partial charge is 0.203 e. The maximum Gasteiger partial charge on any atom is 0.203 e. The van der Waals surface area contributed by atoms with Crippen molar-refractivity contribution in [2.75, 3.05) is 65.0 Å². The maximum absolute atomic E-state index is 5.63. The molecular weight excluding hydrogens is 494 g/mol. The van der Waals surface area contributed by atoms with Crippen LogP contribution < -0.4 is 29.2 Å². The minimum Gasteiger partial charge on any atom is -0.497 e. The highest BCUT2D eigenvalue weighted by Crippen LogP contribution is 2.42. The molecular formula is C31H35N3O5. The van der Waals surface area contributed by atoms with Crippen molar-refractivity contribution in [3.05, 3.63) is 78.5 Å². The average molecular weight is 530 g/mol. The molecule has 0 spiro atoms. The quantitative estimate of drug-likeness (QED) is 0.286. The fourth-order valence-corrected chi connectivity index (χ4v) is 4.84. The van der Waals surface area contributed by atoms with Crippen molar-refractivity contribution in [2.45, 2.75) is 6.54 Å². The lowest BCUT2D eigenvalue weighted by Crippen LogP contribution is -2.36. The zero-order valence-electron chi connectivity index (χ0n) is 22.9. The summed E-state index contributed by atoms with van der Waals surface area (Å²) in [6.07, 6.45) is 2.15. The molecule has 0 radical (unpaired) electrons. The topological polar surface area (TPSA) is 66.4 Å². The third-order valence-corrected chi connectivity index (χ3v) is 6.93. The van der Waals surface area contributed by atoms with Gasteiger partial charge in [-0.1, -0.05) is 0 Å². The first-order chi connectivity index (χ1) is 19.1. The number of hydrogen-bond donors (Lipinski definition) is 1. The second kappa shape index (κ2) is 12.0. The molecule has 1 N–H and O–H groups in total. The van der Waals surface area contributed by atoms with E-state index in [0.717, 1.165) is 60.2 Å². The van der Waals surface area contributed by atoms with Crippen LogP contribution in [0.5, 0.6) is 23.0 Å². The summed E-state index contributed by atoms with van der Waals surface area (Å²) in [5, 5.41) is 3.57.